The maximum Gasteiger partial charge on any atom is 0.271 e. The van der Waals surface area contributed by atoms with Gasteiger partial charge in [0.25, 0.3) is 5.56 Å². The van der Waals surface area contributed by atoms with Crippen molar-refractivity contribution in [2.75, 3.05) is 6.54 Å². The lowest BCUT2D eigenvalue weighted by molar-refractivity contribution is 0.570. The Labute approximate surface area is 96.7 Å². The summed E-state index contributed by atoms with van der Waals surface area (Å²) >= 11 is 0. The highest BCUT2D eigenvalue weighted by atomic mass is 16.1. The molecule has 1 aromatic rings. The van der Waals surface area contributed by atoms with Crippen molar-refractivity contribution in [3.8, 4) is 0 Å². The average Bonchev–Trinajstić information content (AvgIpc) is 2.27. The summed E-state index contributed by atoms with van der Waals surface area (Å²) in [6.45, 7) is 10.3. The molecule has 0 saturated carbocycles. The van der Waals surface area contributed by atoms with Crippen molar-refractivity contribution in [1.29, 1.82) is 0 Å². The Kier molecular flexibility index (Phi) is 4.68. The normalized spacial score (nSPS) is 11.1. The second kappa shape index (κ2) is 5.80. The predicted octanol–water partition coefficient (Wildman–Crippen LogP) is 1.50. The van der Waals surface area contributed by atoms with Crippen LogP contribution in [0, 0.1) is 0 Å². The molecule has 16 heavy (non-hydrogen) atoms. The van der Waals surface area contributed by atoms with Crippen LogP contribution in [0.2, 0.25) is 0 Å². The first-order valence-corrected chi connectivity index (χ1v) is 5.91. The molecule has 0 spiro atoms. The summed E-state index contributed by atoms with van der Waals surface area (Å²) in [5.74, 6) is 0.346. The summed E-state index contributed by atoms with van der Waals surface area (Å²) in [4.78, 5) is 11.9. The molecule has 1 rings (SSSR count). The van der Waals surface area contributed by atoms with Crippen LogP contribution in [-0.2, 0) is 13.1 Å². The van der Waals surface area contributed by atoms with E-state index in [0.29, 0.717) is 19.0 Å². The average molecular weight is 223 g/mol. The molecule has 1 N–H and O–H groups in total. The third-order valence-corrected chi connectivity index (χ3v) is 2.52. The first kappa shape index (κ1) is 12.9. The van der Waals surface area contributed by atoms with Crippen LogP contribution in [0.4, 0.5) is 0 Å². The van der Waals surface area contributed by atoms with E-state index < -0.39 is 0 Å². The van der Waals surface area contributed by atoms with E-state index >= 15 is 0 Å². The van der Waals surface area contributed by atoms with Crippen LogP contribution in [0.25, 0.3) is 0 Å². The molecule has 4 heteroatoms. The SMILES string of the molecule is CCNCc1cc(C(C)C)nn(CC)c1=O. The van der Waals surface area contributed by atoms with Gasteiger partial charge >= 0.3 is 0 Å². The molecule has 0 atom stereocenters. The fourth-order valence-corrected chi connectivity index (χ4v) is 1.50. The zero-order chi connectivity index (χ0) is 12.1. The fourth-order valence-electron chi connectivity index (χ4n) is 1.50. The number of rotatable bonds is 5. The molecule has 0 unspecified atom stereocenters. The standard InChI is InChI=1S/C12H21N3O/c1-5-13-8-10-7-11(9(3)4)14-15(6-2)12(10)16/h7,9,13H,5-6,8H2,1-4H3. The molecule has 0 fully saturated rings. The molecule has 0 aromatic carbocycles. The van der Waals surface area contributed by atoms with Crippen molar-refractivity contribution < 1.29 is 0 Å². The maximum atomic E-state index is 11.9. The van der Waals surface area contributed by atoms with Gasteiger partial charge in [-0.3, -0.25) is 4.79 Å². The van der Waals surface area contributed by atoms with Crippen LogP contribution in [0.1, 0.15) is 44.9 Å². The van der Waals surface area contributed by atoms with Crippen molar-refractivity contribution >= 4 is 0 Å². The Morgan fingerprint density at radius 3 is 2.62 bits per heavy atom. The fraction of sp³-hybridized carbons (Fsp3) is 0.667. The van der Waals surface area contributed by atoms with E-state index in [2.05, 4.69) is 24.3 Å². The number of aryl methyl sites for hydroxylation is 1. The largest absolute Gasteiger partial charge is 0.313 e. The van der Waals surface area contributed by atoms with Gasteiger partial charge in [0.1, 0.15) is 0 Å². The van der Waals surface area contributed by atoms with Crippen molar-refractivity contribution in [2.45, 2.75) is 46.7 Å². The van der Waals surface area contributed by atoms with E-state index in [1.807, 2.05) is 19.9 Å². The minimum Gasteiger partial charge on any atom is -0.313 e. The van der Waals surface area contributed by atoms with Crippen LogP contribution < -0.4 is 10.9 Å². The number of hydrogen-bond acceptors (Lipinski definition) is 3. The van der Waals surface area contributed by atoms with Crippen LogP contribution >= 0.6 is 0 Å². The molecule has 1 heterocycles. The topological polar surface area (TPSA) is 46.9 Å². The van der Waals surface area contributed by atoms with E-state index in [0.717, 1.165) is 17.8 Å². The Bertz CT molecular complexity index is 396. The third-order valence-electron chi connectivity index (χ3n) is 2.52. The molecule has 0 aliphatic heterocycles. The molecule has 0 aliphatic rings. The zero-order valence-corrected chi connectivity index (χ0v) is 10.6. The summed E-state index contributed by atoms with van der Waals surface area (Å²) in [7, 11) is 0. The lowest BCUT2D eigenvalue weighted by Gasteiger charge is -2.11. The predicted molar refractivity (Wildman–Crippen MR) is 65.6 cm³/mol. The minimum absolute atomic E-state index is 0.0212. The van der Waals surface area contributed by atoms with Crippen LogP contribution in [-0.4, -0.2) is 16.3 Å². The van der Waals surface area contributed by atoms with Crippen LogP contribution in [0.5, 0.6) is 0 Å². The van der Waals surface area contributed by atoms with E-state index in [4.69, 9.17) is 0 Å². The first-order chi connectivity index (χ1) is 7.60. The van der Waals surface area contributed by atoms with Crippen molar-refractivity contribution in [1.82, 2.24) is 15.1 Å². The first-order valence-electron chi connectivity index (χ1n) is 5.91. The van der Waals surface area contributed by atoms with E-state index in [-0.39, 0.29) is 5.56 Å². The molecule has 4 nitrogen and oxygen atoms in total. The highest BCUT2D eigenvalue weighted by Gasteiger charge is 2.09. The number of hydrogen-bond donors (Lipinski definition) is 1. The smallest absolute Gasteiger partial charge is 0.271 e. The summed E-state index contributed by atoms with van der Waals surface area (Å²) in [5.41, 5.74) is 1.81. The van der Waals surface area contributed by atoms with Crippen LogP contribution in [0.15, 0.2) is 10.9 Å². The van der Waals surface area contributed by atoms with Gasteiger partial charge in [0.15, 0.2) is 0 Å². The van der Waals surface area contributed by atoms with E-state index in [9.17, 15) is 4.79 Å². The Morgan fingerprint density at radius 2 is 2.12 bits per heavy atom. The molecule has 0 radical (unpaired) electrons. The summed E-state index contributed by atoms with van der Waals surface area (Å²) in [5, 5.41) is 7.52. The number of nitrogens with zero attached hydrogens (tertiary/aromatic N) is 2. The highest BCUT2D eigenvalue weighted by molar-refractivity contribution is 5.15. The van der Waals surface area contributed by atoms with Crippen LogP contribution in [0.3, 0.4) is 0 Å². The lowest BCUT2D eigenvalue weighted by atomic mass is 10.1. The molecule has 0 saturated heterocycles. The summed E-state index contributed by atoms with van der Waals surface area (Å²) in [6.07, 6.45) is 0. The monoisotopic (exact) mass is 223 g/mol. The third kappa shape index (κ3) is 2.92. The van der Waals surface area contributed by atoms with Crippen molar-refractivity contribution in [3.05, 3.63) is 27.7 Å². The number of aromatic nitrogens is 2. The molecule has 0 amide bonds. The van der Waals surface area contributed by atoms with Gasteiger partial charge in [-0.1, -0.05) is 20.8 Å². The summed E-state index contributed by atoms with van der Waals surface area (Å²) < 4.78 is 1.54. The molecule has 1 aromatic heterocycles. The second-order valence-corrected chi connectivity index (χ2v) is 4.15. The zero-order valence-electron chi connectivity index (χ0n) is 10.6. The van der Waals surface area contributed by atoms with Gasteiger partial charge in [-0.25, -0.2) is 4.68 Å². The van der Waals surface area contributed by atoms with Crippen molar-refractivity contribution in [3.63, 3.8) is 0 Å². The van der Waals surface area contributed by atoms with Gasteiger partial charge in [0.2, 0.25) is 0 Å². The Balaban J connectivity index is 3.14. The molecular weight excluding hydrogens is 202 g/mol. The minimum atomic E-state index is 0.0212. The van der Waals surface area contributed by atoms with E-state index in [1.165, 1.54) is 0 Å². The maximum absolute atomic E-state index is 11.9. The highest BCUT2D eigenvalue weighted by Crippen LogP contribution is 2.10. The Morgan fingerprint density at radius 1 is 1.44 bits per heavy atom. The second-order valence-electron chi connectivity index (χ2n) is 4.15. The van der Waals surface area contributed by atoms with Gasteiger partial charge in [-0.05, 0) is 25.5 Å². The number of nitrogens with one attached hydrogen (secondary N) is 1. The van der Waals surface area contributed by atoms with Gasteiger partial charge in [0, 0.05) is 18.7 Å². The molecule has 0 aliphatic carbocycles. The summed E-state index contributed by atoms with van der Waals surface area (Å²) in [6, 6.07) is 1.92. The lowest BCUT2D eigenvalue weighted by Crippen LogP contribution is -2.29. The van der Waals surface area contributed by atoms with Gasteiger partial charge < -0.3 is 5.32 Å². The Hall–Kier alpha value is -1.16. The molecule has 90 valence electrons. The van der Waals surface area contributed by atoms with Gasteiger partial charge in [-0.15, -0.1) is 0 Å². The quantitative estimate of drug-likeness (QED) is 0.822. The van der Waals surface area contributed by atoms with Crippen molar-refractivity contribution in [2.24, 2.45) is 0 Å². The molecule has 0 bridgehead atoms. The molecular formula is C12H21N3O. The van der Waals surface area contributed by atoms with Gasteiger partial charge in [0.05, 0.1) is 5.69 Å². The van der Waals surface area contributed by atoms with Gasteiger partial charge in [-0.2, -0.15) is 5.10 Å². The van der Waals surface area contributed by atoms with E-state index in [1.54, 1.807) is 4.68 Å².